The van der Waals surface area contributed by atoms with Crippen LogP contribution in [0.4, 0.5) is 5.69 Å². The molecule has 0 unspecified atom stereocenters. The van der Waals surface area contributed by atoms with Crippen molar-refractivity contribution in [1.29, 1.82) is 0 Å². The molecule has 3 rings (SSSR count). The number of para-hydroxylation sites is 1. The van der Waals surface area contributed by atoms with Crippen molar-refractivity contribution in [3.8, 4) is 5.75 Å². The maximum Gasteiger partial charge on any atom is 0.120 e. The summed E-state index contributed by atoms with van der Waals surface area (Å²) in [6.07, 6.45) is 1.75. The second-order valence-corrected chi connectivity index (χ2v) is 6.18. The van der Waals surface area contributed by atoms with Crippen LogP contribution >= 0.6 is 23.2 Å². The Hall–Kier alpha value is -2.49. The summed E-state index contributed by atoms with van der Waals surface area (Å²) in [5.74, 6) is 0.745. The van der Waals surface area contributed by atoms with Gasteiger partial charge < -0.3 is 4.74 Å². The predicted molar refractivity (Wildman–Crippen MR) is 105 cm³/mol. The topological polar surface area (TPSA) is 33.6 Å². The average Bonchev–Trinajstić information content (AvgIpc) is 2.62. The molecule has 1 N–H and O–H groups in total. The van der Waals surface area contributed by atoms with E-state index >= 15 is 0 Å². The first-order valence-corrected chi connectivity index (χ1v) is 8.47. The Balaban J connectivity index is 1.61. The normalized spacial score (nSPS) is 10.8. The molecule has 5 heteroatoms. The molecular weight excluding hydrogens is 355 g/mol. The summed E-state index contributed by atoms with van der Waals surface area (Å²) >= 11 is 12.1. The van der Waals surface area contributed by atoms with Crippen LogP contribution in [0.2, 0.25) is 10.0 Å². The van der Waals surface area contributed by atoms with Gasteiger partial charge in [0.05, 0.1) is 11.9 Å². The first kappa shape index (κ1) is 17.3. The Morgan fingerprint density at radius 1 is 0.920 bits per heavy atom. The smallest absolute Gasteiger partial charge is 0.120 e. The summed E-state index contributed by atoms with van der Waals surface area (Å²) in [6.45, 7) is 0.374. The molecule has 0 aliphatic carbocycles. The first-order chi connectivity index (χ1) is 12.2. The van der Waals surface area contributed by atoms with Crippen molar-refractivity contribution in [3.63, 3.8) is 0 Å². The number of ether oxygens (including phenoxy) is 1. The number of rotatable bonds is 6. The highest BCUT2D eigenvalue weighted by atomic mass is 35.5. The van der Waals surface area contributed by atoms with Gasteiger partial charge in [-0.15, -0.1) is 0 Å². The van der Waals surface area contributed by atoms with Crippen LogP contribution in [0.1, 0.15) is 11.1 Å². The minimum Gasteiger partial charge on any atom is -0.489 e. The molecule has 0 fully saturated rings. The second kappa shape index (κ2) is 8.56. The van der Waals surface area contributed by atoms with Crippen molar-refractivity contribution >= 4 is 35.1 Å². The lowest BCUT2D eigenvalue weighted by Crippen LogP contribution is -1.97. The zero-order valence-corrected chi connectivity index (χ0v) is 14.8. The van der Waals surface area contributed by atoms with Crippen LogP contribution in [0.25, 0.3) is 0 Å². The predicted octanol–water partition coefficient (Wildman–Crippen LogP) is 6.02. The van der Waals surface area contributed by atoms with E-state index in [2.05, 4.69) is 10.5 Å². The summed E-state index contributed by atoms with van der Waals surface area (Å²) < 4.78 is 5.81. The van der Waals surface area contributed by atoms with Gasteiger partial charge in [0, 0.05) is 15.6 Å². The van der Waals surface area contributed by atoms with Crippen LogP contribution in [-0.2, 0) is 6.61 Å². The molecule has 3 aromatic rings. The highest BCUT2D eigenvalue weighted by Crippen LogP contribution is 2.23. The van der Waals surface area contributed by atoms with E-state index in [0.717, 1.165) is 22.6 Å². The molecular formula is C20H16Cl2N2O. The molecule has 0 saturated heterocycles. The molecule has 0 spiro atoms. The summed E-state index contributed by atoms with van der Waals surface area (Å²) in [7, 11) is 0. The Labute approximate surface area is 156 Å². The van der Waals surface area contributed by atoms with Crippen molar-refractivity contribution in [3.05, 3.63) is 94.0 Å². The van der Waals surface area contributed by atoms with Crippen LogP contribution in [-0.4, -0.2) is 6.21 Å². The van der Waals surface area contributed by atoms with Crippen molar-refractivity contribution in [1.82, 2.24) is 0 Å². The Kier molecular flexibility index (Phi) is 5.94. The van der Waals surface area contributed by atoms with Crippen molar-refractivity contribution < 1.29 is 4.74 Å². The number of anilines is 1. The van der Waals surface area contributed by atoms with E-state index in [4.69, 9.17) is 27.9 Å². The van der Waals surface area contributed by atoms with Gasteiger partial charge in [-0.3, -0.25) is 5.43 Å². The molecule has 0 amide bonds. The van der Waals surface area contributed by atoms with Crippen molar-refractivity contribution in [2.24, 2.45) is 5.10 Å². The molecule has 0 aliphatic rings. The minimum absolute atomic E-state index is 0.374. The van der Waals surface area contributed by atoms with Gasteiger partial charge in [-0.25, -0.2) is 0 Å². The summed E-state index contributed by atoms with van der Waals surface area (Å²) in [6, 6.07) is 22.8. The fourth-order valence-corrected chi connectivity index (χ4v) is 2.64. The van der Waals surface area contributed by atoms with Crippen LogP contribution < -0.4 is 10.2 Å². The number of nitrogens with one attached hydrogen (secondary N) is 1. The van der Waals surface area contributed by atoms with Gasteiger partial charge in [0.2, 0.25) is 0 Å². The van der Waals surface area contributed by atoms with Gasteiger partial charge in [-0.1, -0.05) is 59.6 Å². The molecule has 126 valence electrons. The quantitative estimate of drug-likeness (QED) is 0.425. The molecule has 0 bridgehead atoms. The van der Waals surface area contributed by atoms with Crippen LogP contribution in [0.15, 0.2) is 77.9 Å². The van der Waals surface area contributed by atoms with Crippen LogP contribution in [0, 0.1) is 0 Å². The fourth-order valence-electron chi connectivity index (χ4n) is 2.18. The number of hydrazone groups is 1. The number of benzene rings is 3. The van der Waals surface area contributed by atoms with E-state index < -0.39 is 0 Å². The van der Waals surface area contributed by atoms with E-state index in [-0.39, 0.29) is 0 Å². The molecule has 3 nitrogen and oxygen atoms in total. The van der Waals surface area contributed by atoms with Crippen LogP contribution in [0.5, 0.6) is 5.75 Å². The van der Waals surface area contributed by atoms with Crippen LogP contribution in [0.3, 0.4) is 0 Å². The van der Waals surface area contributed by atoms with Gasteiger partial charge in [0.15, 0.2) is 0 Å². The SMILES string of the molecule is Clc1ccc(COc2cccc(/C=N/Nc3ccccc3)c2)c(Cl)c1. The van der Waals surface area contributed by atoms with E-state index in [9.17, 15) is 0 Å². The lowest BCUT2D eigenvalue weighted by molar-refractivity contribution is 0.306. The second-order valence-electron chi connectivity index (χ2n) is 5.33. The first-order valence-electron chi connectivity index (χ1n) is 7.71. The molecule has 0 radical (unpaired) electrons. The lowest BCUT2D eigenvalue weighted by atomic mass is 10.2. The maximum absolute atomic E-state index is 6.16. The van der Waals surface area contributed by atoms with Gasteiger partial charge >= 0.3 is 0 Å². The van der Waals surface area contributed by atoms with E-state index in [1.54, 1.807) is 18.3 Å². The Bertz CT molecular complexity index is 867. The number of hydrogen-bond donors (Lipinski definition) is 1. The minimum atomic E-state index is 0.374. The molecule has 0 aromatic heterocycles. The van der Waals surface area contributed by atoms with Crippen molar-refractivity contribution in [2.75, 3.05) is 5.43 Å². The zero-order chi connectivity index (χ0) is 17.5. The monoisotopic (exact) mass is 370 g/mol. The van der Waals surface area contributed by atoms with Gasteiger partial charge in [-0.2, -0.15) is 5.10 Å². The van der Waals surface area contributed by atoms with E-state index in [1.807, 2.05) is 60.7 Å². The summed E-state index contributed by atoms with van der Waals surface area (Å²) in [4.78, 5) is 0. The van der Waals surface area contributed by atoms with Gasteiger partial charge in [0.25, 0.3) is 0 Å². The third-order valence-electron chi connectivity index (χ3n) is 3.45. The molecule has 0 saturated carbocycles. The molecule has 0 atom stereocenters. The van der Waals surface area contributed by atoms with Crippen molar-refractivity contribution in [2.45, 2.75) is 6.61 Å². The summed E-state index contributed by atoms with van der Waals surface area (Å²) in [5, 5.41) is 5.43. The maximum atomic E-state index is 6.16. The molecule has 0 heterocycles. The third kappa shape index (κ3) is 5.24. The highest BCUT2D eigenvalue weighted by Gasteiger charge is 2.03. The third-order valence-corrected chi connectivity index (χ3v) is 4.04. The standard InChI is InChI=1S/C20H16Cl2N2O/c21-17-10-9-16(20(22)12-17)14-25-19-8-4-5-15(11-19)13-23-24-18-6-2-1-3-7-18/h1-13,24H,14H2/b23-13+. The fraction of sp³-hybridized carbons (Fsp3) is 0.0500. The number of nitrogens with zero attached hydrogens (tertiary/aromatic N) is 1. The highest BCUT2D eigenvalue weighted by molar-refractivity contribution is 6.35. The molecule has 3 aromatic carbocycles. The molecule has 25 heavy (non-hydrogen) atoms. The number of hydrogen-bond acceptors (Lipinski definition) is 3. The average molecular weight is 371 g/mol. The van der Waals surface area contributed by atoms with E-state index in [0.29, 0.717) is 16.7 Å². The number of halogens is 2. The van der Waals surface area contributed by atoms with Gasteiger partial charge in [-0.05, 0) is 42.0 Å². The Morgan fingerprint density at radius 2 is 1.76 bits per heavy atom. The largest absolute Gasteiger partial charge is 0.489 e. The zero-order valence-electron chi connectivity index (χ0n) is 13.3. The lowest BCUT2D eigenvalue weighted by Gasteiger charge is -2.08. The van der Waals surface area contributed by atoms with E-state index in [1.165, 1.54) is 0 Å². The Morgan fingerprint density at radius 3 is 2.56 bits per heavy atom. The summed E-state index contributed by atoms with van der Waals surface area (Å²) in [5.41, 5.74) is 5.73. The molecule has 0 aliphatic heterocycles. The van der Waals surface area contributed by atoms with Gasteiger partial charge in [0.1, 0.15) is 12.4 Å².